The molecule has 0 radical (unpaired) electrons. The van der Waals surface area contributed by atoms with E-state index in [0.29, 0.717) is 21.3 Å². The van der Waals surface area contributed by atoms with Gasteiger partial charge in [0.25, 0.3) is 5.91 Å². The van der Waals surface area contributed by atoms with Gasteiger partial charge in [0, 0.05) is 16.8 Å². The van der Waals surface area contributed by atoms with Gasteiger partial charge in [-0.2, -0.15) is 0 Å². The number of nitrogens with zero attached hydrogens (tertiary/aromatic N) is 2. The van der Waals surface area contributed by atoms with Crippen LogP contribution in [0.3, 0.4) is 0 Å². The van der Waals surface area contributed by atoms with Gasteiger partial charge in [0.15, 0.2) is 5.82 Å². The van der Waals surface area contributed by atoms with Crippen molar-refractivity contribution >= 4 is 54.2 Å². The Balaban J connectivity index is 1.70. The van der Waals surface area contributed by atoms with Crippen molar-refractivity contribution < 1.29 is 37.9 Å². The van der Waals surface area contributed by atoms with Gasteiger partial charge >= 0.3 is 15.2 Å². The fourth-order valence-corrected chi connectivity index (χ4v) is 6.17. The first-order chi connectivity index (χ1) is 16.8. The third-order valence-electron chi connectivity index (χ3n) is 5.04. The van der Waals surface area contributed by atoms with E-state index in [-0.39, 0.29) is 22.9 Å². The molecule has 2 aromatic heterocycles. The number of amides is 1. The molecule has 15 heteroatoms. The molecule has 188 valence electrons. The third kappa shape index (κ3) is 5.69. The molecule has 6 N–H and O–H groups in total. The monoisotopic (exact) mass is 552 g/mol. The zero-order valence-corrected chi connectivity index (χ0v) is 21.0. The number of benzene rings is 2. The van der Waals surface area contributed by atoms with Gasteiger partial charge in [-0.15, -0.1) is 11.3 Å². The number of aromatic nitrogens is 2. The van der Waals surface area contributed by atoms with Crippen LogP contribution in [0.5, 0.6) is 0 Å². The SMILES string of the molecule is Cc1ccc(NC(=O)c2cccc(-c3nc(NC(P(=O)(O)O)P(=O)(O)O)c4ccsc4n3)c2)cc1F. The Morgan fingerprint density at radius 1 is 1.03 bits per heavy atom. The van der Waals surface area contributed by atoms with Gasteiger partial charge in [-0.25, -0.2) is 14.4 Å². The van der Waals surface area contributed by atoms with Crippen molar-refractivity contribution in [1.82, 2.24) is 9.97 Å². The van der Waals surface area contributed by atoms with Crippen LogP contribution in [0, 0.1) is 12.7 Å². The average molecular weight is 552 g/mol. The van der Waals surface area contributed by atoms with Crippen LogP contribution in [0.4, 0.5) is 15.9 Å². The van der Waals surface area contributed by atoms with Crippen LogP contribution < -0.4 is 10.6 Å². The van der Waals surface area contributed by atoms with Crippen LogP contribution in [-0.2, 0) is 9.13 Å². The highest BCUT2D eigenvalue weighted by molar-refractivity contribution is 7.71. The number of anilines is 2. The number of thiophene rings is 1. The summed E-state index contributed by atoms with van der Waals surface area (Å²) in [7, 11) is -10.6. The maximum Gasteiger partial charge on any atom is 0.360 e. The minimum atomic E-state index is -5.28. The first-order valence-corrected chi connectivity index (χ1v) is 14.4. The minimum Gasteiger partial charge on any atom is -0.346 e. The van der Waals surface area contributed by atoms with Crippen LogP contribution in [0.25, 0.3) is 21.6 Å². The Kier molecular flexibility index (Phi) is 7.09. The van der Waals surface area contributed by atoms with Gasteiger partial charge < -0.3 is 30.2 Å². The number of hydrogen-bond acceptors (Lipinski definition) is 7. The quantitative estimate of drug-likeness (QED) is 0.183. The molecular weight excluding hydrogens is 533 g/mol. The van der Waals surface area contributed by atoms with Gasteiger partial charge in [0.1, 0.15) is 16.5 Å². The highest BCUT2D eigenvalue weighted by Crippen LogP contribution is 2.59. The van der Waals surface area contributed by atoms with Gasteiger partial charge in [0.2, 0.25) is 5.52 Å². The summed E-state index contributed by atoms with van der Waals surface area (Å²) in [5.41, 5.74) is -1.28. The summed E-state index contributed by atoms with van der Waals surface area (Å²) in [5.74, 6) is -1.15. The third-order valence-corrected chi connectivity index (χ3v) is 9.18. The van der Waals surface area contributed by atoms with Crippen LogP contribution in [-0.4, -0.2) is 41.0 Å². The van der Waals surface area contributed by atoms with Crippen LogP contribution in [0.2, 0.25) is 0 Å². The molecule has 0 unspecified atom stereocenters. The average Bonchev–Trinajstić information content (AvgIpc) is 3.27. The van der Waals surface area contributed by atoms with E-state index in [1.165, 1.54) is 41.7 Å². The number of fused-ring (bicyclic) bond motifs is 1. The summed E-state index contributed by atoms with van der Waals surface area (Å²) in [6.07, 6.45) is 0. The predicted molar refractivity (Wildman–Crippen MR) is 133 cm³/mol. The smallest absolute Gasteiger partial charge is 0.346 e. The molecular formula is C21H19FN4O7P2S. The van der Waals surface area contributed by atoms with E-state index < -0.39 is 32.4 Å². The largest absolute Gasteiger partial charge is 0.360 e. The maximum absolute atomic E-state index is 13.8. The van der Waals surface area contributed by atoms with Gasteiger partial charge in [-0.1, -0.05) is 18.2 Å². The molecule has 4 aromatic rings. The summed E-state index contributed by atoms with van der Waals surface area (Å²) in [6.45, 7) is 1.60. The molecule has 1 amide bonds. The summed E-state index contributed by atoms with van der Waals surface area (Å²) in [5, 5.41) is 6.72. The Labute approximate surface area is 207 Å². The lowest BCUT2D eigenvalue weighted by Gasteiger charge is -2.21. The molecule has 0 bridgehead atoms. The molecule has 36 heavy (non-hydrogen) atoms. The van der Waals surface area contributed by atoms with Crippen molar-refractivity contribution in [3.8, 4) is 11.4 Å². The molecule has 2 heterocycles. The van der Waals surface area contributed by atoms with Crippen LogP contribution in [0.1, 0.15) is 15.9 Å². The van der Waals surface area contributed by atoms with Crippen molar-refractivity contribution in [3.05, 3.63) is 70.9 Å². The molecule has 0 aliphatic heterocycles. The van der Waals surface area contributed by atoms with Crippen molar-refractivity contribution in [1.29, 1.82) is 0 Å². The van der Waals surface area contributed by atoms with Crippen LogP contribution in [0.15, 0.2) is 53.9 Å². The lowest BCUT2D eigenvalue weighted by atomic mass is 10.1. The highest BCUT2D eigenvalue weighted by Gasteiger charge is 2.44. The zero-order chi connectivity index (χ0) is 26.3. The number of aryl methyl sites for hydroxylation is 1. The summed E-state index contributed by atoms with van der Waals surface area (Å²) in [4.78, 5) is 59.7. The van der Waals surface area contributed by atoms with Crippen molar-refractivity contribution in [2.24, 2.45) is 0 Å². The second kappa shape index (κ2) is 9.79. The van der Waals surface area contributed by atoms with E-state index in [9.17, 15) is 37.9 Å². The molecule has 11 nitrogen and oxygen atoms in total. The molecule has 4 rings (SSSR count). The molecule has 0 saturated heterocycles. The van der Waals surface area contributed by atoms with Crippen molar-refractivity contribution in [3.63, 3.8) is 0 Å². The van der Waals surface area contributed by atoms with Crippen molar-refractivity contribution in [2.45, 2.75) is 12.4 Å². The number of hydrogen-bond donors (Lipinski definition) is 6. The van der Waals surface area contributed by atoms with E-state index in [0.717, 1.165) is 0 Å². The number of nitrogens with one attached hydrogen (secondary N) is 2. The molecule has 0 atom stereocenters. The number of carbonyl (C=O) groups excluding carboxylic acids is 1. The summed E-state index contributed by atoms with van der Waals surface area (Å²) >= 11 is 1.17. The number of rotatable bonds is 7. The lowest BCUT2D eigenvalue weighted by molar-refractivity contribution is 0.102. The second-order valence-corrected chi connectivity index (χ2v) is 12.4. The fourth-order valence-electron chi connectivity index (χ4n) is 3.25. The van der Waals surface area contributed by atoms with E-state index in [1.54, 1.807) is 30.5 Å². The predicted octanol–water partition coefficient (Wildman–Crippen LogP) is 4.11. The first kappa shape index (κ1) is 26.1. The van der Waals surface area contributed by atoms with Gasteiger partial charge in [-0.05, 0) is 48.2 Å². The number of carbonyl (C=O) groups is 1. The van der Waals surface area contributed by atoms with E-state index >= 15 is 0 Å². The second-order valence-electron chi connectivity index (χ2n) is 7.73. The van der Waals surface area contributed by atoms with Crippen molar-refractivity contribution in [2.75, 3.05) is 10.6 Å². The van der Waals surface area contributed by atoms with E-state index in [4.69, 9.17) is 0 Å². The van der Waals surface area contributed by atoms with Gasteiger partial charge in [0.05, 0.1) is 5.39 Å². The molecule has 2 aromatic carbocycles. The van der Waals surface area contributed by atoms with E-state index in [2.05, 4.69) is 20.6 Å². The molecule has 0 aliphatic carbocycles. The normalized spacial score (nSPS) is 12.2. The lowest BCUT2D eigenvalue weighted by Crippen LogP contribution is -2.21. The Morgan fingerprint density at radius 3 is 2.42 bits per heavy atom. The summed E-state index contributed by atoms with van der Waals surface area (Å²) < 4.78 is 37.3. The highest BCUT2D eigenvalue weighted by atomic mass is 32.1. The Morgan fingerprint density at radius 2 is 1.75 bits per heavy atom. The van der Waals surface area contributed by atoms with Crippen LogP contribution >= 0.6 is 26.5 Å². The zero-order valence-electron chi connectivity index (χ0n) is 18.4. The summed E-state index contributed by atoms with van der Waals surface area (Å²) in [6, 6.07) is 11.9. The fraction of sp³-hybridized carbons (Fsp3) is 0.0952. The first-order valence-electron chi connectivity index (χ1n) is 10.1. The van der Waals surface area contributed by atoms with Gasteiger partial charge in [-0.3, -0.25) is 13.9 Å². The molecule has 0 saturated carbocycles. The van der Waals surface area contributed by atoms with E-state index in [1.807, 2.05) is 0 Å². The molecule has 0 spiro atoms. The Hall–Kier alpha value is -3.02. The maximum atomic E-state index is 13.8. The standard InChI is InChI=1S/C21H19FN4O7P2S/c1-11-5-6-14(10-16(11)22)23-19(27)13-4-2-3-12(9-13)17-24-18(15-7-8-36-20(15)25-17)26-21(34(28,29)30)35(31,32)33/h2-10,21H,1H3,(H,23,27)(H,24,25,26)(H2,28,29,30)(H2,31,32,33). The molecule has 0 aliphatic rings. The minimum absolute atomic E-state index is 0.0404. The Bertz CT molecular complexity index is 1550. The topological polar surface area (TPSA) is 182 Å². The number of halogens is 1. The molecule has 0 fully saturated rings.